The lowest BCUT2D eigenvalue weighted by Gasteiger charge is -2.14. The van der Waals surface area contributed by atoms with E-state index in [9.17, 15) is 0 Å². The van der Waals surface area contributed by atoms with Crippen molar-refractivity contribution >= 4 is 23.2 Å². The minimum absolute atomic E-state index is 0.0452. The van der Waals surface area contributed by atoms with Gasteiger partial charge in [0.1, 0.15) is 0 Å². The van der Waals surface area contributed by atoms with Crippen molar-refractivity contribution in [1.82, 2.24) is 0 Å². The molecule has 0 aliphatic rings. The minimum atomic E-state index is -0.0452. The zero-order valence-electron chi connectivity index (χ0n) is 8.26. The molecule has 0 heterocycles. The number of hydrogen-bond donors (Lipinski definition) is 1. The van der Waals surface area contributed by atoms with E-state index in [0.717, 1.165) is 24.8 Å². The van der Waals surface area contributed by atoms with Gasteiger partial charge in [-0.2, -0.15) is 0 Å². The molecule has 0 aliphatic heterocycles. The maximum atomic E-state index is 6.04. The molecule has 0 bridgehead atoms. The second-order valence-electron chi connectivity index (χ2n) is 3.38. The van der Waals surface area contributed by atoms with Gasteiger partial charge in [-0.05, 0) is 18.6 Å². The maximum Gasteiger partial charge on any atom is 0.0468 e. The Kier molecular flexibility index (Phi) is 4.73. The van der Waals surface area contributed by atoms with Crippen LogP contribution in [0, 0.1) is 0 Å². The molecule has 1 nitrogen and oxygen atoms in total. The van der Waals surface area contributed by atoms with Crippen molar-refractivity contribution in [3.8, 4) is 0 Å². The summed E-state index contributed by atoms with van der Waals surface area (Å²) in [4.78, 5) is 0. The van der Waals surface area contributed by atoms with Crippen LogP contribution < -0.4 is 5.73 Å². The number of halogens is 2. The molecule has 1 aromatic carbocycles. The molecule has 2 N–H and O–H groups in total. The largest absolute Gasteiger partial charge is 0.324 e. The second-order valence-corrected chi connectivity index (χ2v) is 4.20. The van der Waals surface area contributed by atoms with E-state index in [1.54, 1.807) is 0 Å². The number of rotatable bonds is 4. The van der Waals surface area contributed by atoms with Gasteiger partial charge in [0.05, 0.1) is 0 Å². The molecule has 0 aromatic heterocycles. The van der Waals surface area contributed by atoms with E-state index in [1.165, 1.54) is 0 Å². The van der Waals surface area contributed by atoms with Gasteiger partial charge in [-0.15, -0.1) is 0 Å². The van der Waals surface area contributed by atoms with Crippen molar-refractivity contribution in [3.05, 3.63) is 33.8 Å². The van der Waals surface area contributed by atoms with E-state index < -0.39 is 0 Å². The van der Waals surface area contributed by atoms with E-state index in [-0.39, 0.29) is 6.04 Å². The van der Waals surface area contributed by atoms with Crippen LogP contribution in [0.4, 0.5) is 0 Å². The molecule has 0 amide bonds. The Morgan fingerprint density at radius 2 is 1.86 bits per heavy atom. The van der Waals surface area contributed by atoms with Crippen LogP contribution in [0.2, 0.25) is 10.0 Å². The van der Waals surface area contributed by atoms with Crippen molar-refractivity contribution in [2.45, 2.75) is 32.2 Å². The van der Waals surface area contributed by atoms with Crippen LogP contribution in [0.5, 0.6) is 0 Å². The molecule has 0 saturated carbocycles. The van der Waals surface area contributed by atoms with Crippen molar-refractivity contribution in [1.29, 1.82) is 0 Å². The second kappa shape index (κ2) is 5.59. The molecule has 0 fully saturated rings. The zero-order valence-corrected chi connectivity index (χ0v) is 9.78. The van der Waals surface area contributed by atoms with Crippen molar-refractivity contribution in [3.63, 3.8) is 0 Å². The smallest absolute Gasteiger partial charge is 0.0468 e. The molecule has 0 spiro atoms. The van der Waals surface area contributed by atoms with Gasteiger partial charge in [0, 0.05) is 21.7 Å². The fourth-order valence-corrected chi connectivity index (χ4v) is 2.11. The lowest BCUT2D eigenvalue weighted by atomic mass is 10.0. The van der Waals surface area contributed by atoms with Crippen molar-refractivity contribution < 1.29 is 0 Å². The number of hydrogen-bond acceptors (Lipinski definition) is 1. The van der Waals surface area contributed by atoms with E-state index in [2.05, 4.69) is 6.92 Å². The summed E-state index contributed by atoms with van der Waals surface area (Å²) in [7, 11) is 0. The first-order valence-electron chi connectivity index (χ1n) is 4.86. The standard InChI is InChI=1S/C11H15Cl2N/c1-2-3-7-10(14)11-8(12)5-4-6-9(11)13/h4-6,10H,2-3,7,14H2,1H3. The molecule has 0 radical (unpaired) electrons. The molecule has 1 rings (SSSR count). The highest BCUT2D eigenvalue weighted by molar-refractivity contribution is 6.36. The third-order valence-electron chi connectivity index (χ3n) is 2.24. The zero-order chi connectivity index (χ0) is 10.6. The van der Waals surface area contributed by atoms with Crippen LogP contribution in [-0.2, 0) is 0 Å². The van der Waals surface area contributed by atoms with Crippen LogP contribution in [-0.4, -0.2) is 0 Å². The summed E-state index contributed by atoms with van der Waals surface area (Å²) in [5, 5.41) is 1.34. The van der Waals surface area contributed by atoms with Gasteiger partial charge in [-0.1, -0.05) is 49.0 Å². The van der Waals surface area contributed by atoms with E-state index in [1.807, 2.05) is 18.2 Å². The summed E-state index contributed by atoms with van der Waals surface area (Å²) in [6.45, 7) is 2.14. The SMILES string of the molecule is CCCCC(N)c1c(Cl)cccc1Cl. The summed E-state index contributed by atoms with van der Waals surface area (Å²) in [5.41, 5.74) is 6.89. The first kappa shape index (κ1) is 11.8. The summed E-state index contributed by atoms with van der Waals surface area (Å²) < 4.78 is 0. The first-order valence-corrected chi connectivity index (χ1v) is 5.62. The molecule has 78 valence electrons. The average Bonchev–Trinajstić information content (AvgIpc) is 2.14. The minimum Gasteiger partial charge on any atom is -0.324 e. The quantitative estimate of drug-likeness (QED) is 0.827. The van der Waals surface area contributed by atoms with Gasteiger partial charge < -0.3 is 5.73 Å². The number of nitrogens with two attached hydrogens (primary N) is 1. The molecule has 1 unspecified atom stereocenters. The summed E-state index contributed by atoms with van der Waals surface area (Å²) in [6, 6.07) is 5.44. The van der Waals surface area contributed by atoms with Gasteiger partial charge in [-0.3, -0.25) is 0 Å². The van der Waals surface area contributed by atoms with E-state index in [0.29, 0.717) is 10.0 Å². The van der Waals surface area contributed by atoms with E-state index in [4.69, 9.17) is 28.9 Å². The number of unbranched alkanes of at least 4 members (excludes halogenated alkanes) is 1. The Morgan fingerprint density at radius 1 is 1.29 bits per heavy atom. The van der Waals surface area contributed by atoms with Crippen LogP contribution >= 0.6 is 23.2 Å². The normalized spacial score (nSPS) is 12.9. The van der Waals surface area contributed by atoms with Crippen LogP contribution in [0.25, 0.3) is 0 Å². The summed E-state index contributed by atoms with van der Waals surface area (Å²) in [5.74, 6) is 0. The van der Waals surface area contributed by atoms with E-state index >= 15 is 0 Å². The summed E-state index contributed by atoms with van der Waals surface area (Å²) in [6.07, 6.45) is 3.17. The molecular formula is C11H15Cl2N. The van der Waals surface area contributed by atoms with Crippen molar-refractivity contribution in [2.24, 2.45) is 5.73 Å². The molecular weight excluding hydrogens is 217 g/mol. The third-order valence-corrected chi connectivity index (χ3v) is 2.90. The maximum absolute atomic E-state index is 6.04. The monoisotopic (exact) mass is 231 g/mol. The van der Waals surface area contributed by atoms with Crippen LogP contribution in [0.1, 0.15) is 37.8 Å². The topological polar surface area (TPSA) is 26.0 Å². The average molecular weight is 232 g/mol. The van der Waals surface area contributed by atoms with Crippen molar-refractivity contribution in [2.75, 3.05) is 0 Å². The lowest BCUT2D eigenvalue weighted by Crippen LogP contribution is -2.11. The predicted octanol–water partition coefficient (Wildman–Crippen LogP) is 4.18. The van der Waals surface area contributed by atoms with Gasteiger partial charge in [0.15, 0.2) is 0 Å². The highest BCUT2D eigenvalue weighted by Crippen LogP contribution is 2.31. The predicted molar refractivity (Wildman–Crippen MR) is 62.9 cm³/mol. The van der Waals surface area contributed by atoms with Gasteiger partial charge in [-0.25, -0.2) is 0 Å². The van der Waals surface area contributed by atoms with Crippen LogP contribution in [0.3, 0.4) is 0 Å². The first-order chi connectivity index (χ1) is 6.66. The van der Waals surface area contributed by atoms with Crippen LogP contribution in [0.15, 0.2) is 18.2 Å². The Balaban J connectivity index is 2.82. The highest BCUT2D eigenvalue weighted by Gasteiger charge is 2.12. The fraction of sp³-hybridized carbons (Fsp3) is 0.455. The highest BCUT2D eigenvalue weighted by atomic mass is 35.5. The van der Waals surface area contributed by atoms with Gasteiger partial charge in [0.2, 0.25) is 0 Å². The molecule has 0 saturated heterocycles. The third kappa shape index (κ3) is 2.88. The Hall–Kier alpha value is -0.240. The molecule has 0 aliphatic carbocycles. The lowest BCUT2D eigenvalue weighted by molar-refractivity contribution is 0.604. The Bertz CT molecular complexity index is 279. The summed E-state index contributed by atoms with van der Waals surface area (Å²) >= 11 is 12.1. The van der Waals surface area contributed by atoms with Gasteiger partial charge in [0.25, 0.3) is 0 Å². The fourth-order valence-electron chi connectivity index (χ4n) is 1.43. The molecule has 1 atom stereocenters. The molecule has 14 heavy (non-hydrogen) atoms. The molecule has 3 heteroatoms. The Morgan fingerprint density at radius 3 is 2.36 bits per heavy atom. The van der Waals surface area contributed by atoms with Gasteiger partial charge >= 0.3 is 0 Å². The molecule has 1 aromatic rings. The Labute approximate surface area is 95.2 Å². The number of benzene rings is 1.